The largest absolute Gasteiger partial charge is 0.494 e. The molecule has 22 heavy (non-hydrogen) atoms. The first kappa shape index (κ1) is 13.9. The van der Waals surface area contributed by atoms with Crippen molar-refractivity contribution in [1.29, 1.82) is 0 Å². The molecule has 3 rings (SSSR count). The number of rotatable bonds is 3. The van der Waals surface area contributed by atoms with Gasteiger partial charge in [0.05, 0.1) is 11.6 Å². The van der Waals surface area contributed by atoms with Crippen LogP contribution in [0.3, 0.4) is 0 Å². The number of carbonyl (C=O) groups excluding carboxylic acids is 2. The second-order valence-electron chi connectivity index (χ2n) is 4.90. The van der Waals surface area contributed by atoms with Crippen LogP contribution in [0.5, 0.6) is 0 Å². The summed E-state index contributed by atoms with van der Waals surface area (Å²) in [6, 6.07) is 16.4. The number of aliphatic hydroxyl groups is 1. The topological polar surface area (TPSA) is 78.4 Å². The van der Waals surface area contributed by atoms with Crippen molar-refractivity contribution in [2.45, 2.75) is 6.04 Å². The summed E-state index contributed by atoms with van der Waals surface area (Å²) in [6.07, 6.45) is 0. The van der Waals surface area contributed by atoms with Crippen LogP contribution in [0.1, 0.15) is 22.0 Å². The molecule has 2 amide bonds. The Morgan fingerprint density at radius 1 is 0.955 bits per heavy atom. The smallest absolute Gasteiger partial charge is 0.322 e. The van der Waals surface area contributed by atoms with Gasteiger partial charge in [0.2, 0.25) is 5.88 Å². The van der Waals surface area contributed by atoms with E-state index in [-0.39, 0.29) is 11.4 Å². The lowest BCUT2D eigenvalue weighted by molar-refractivity contribution is 0.101. The minimum atomic E-state index is -0.692. The van der Waals surface area contributed by atoms with Crippen molar-refractivity contribution in [3.05, 3.63) is 83.2 Å². The Labute approximate surface area is 127 Å². The second-order valence-corrected chi connectivity index (χ2v) is 4.90. The van der Waals surface area contributed by atoms with E-state index >= 15 is 0 Å². The molecule has 2 aromatic carbocycles. The van der Waals surface area contributed by atoms with E-state index in [1.54, 1.807) is 42.5 Å². The molecule has 1 atom stereocenters. The Bertz CT molecular complexity index is 739. The van der Waals surface area contributed by atoms with Crippen LogP contribution in [-0.2, 0) is 0 Å². The van der Waals surface area contributed by atoms with Crippen LogP contribution in [0.4, 0.5) is 4.79 Å². The Balaban J connectivity index is 2.06. The standard InChI is InChI=1S/C17H14N2O3/c20-15(12-9-5-2-6-10-12)13-14(11-7-3-1-4-8-11)18-17(22)19-16(13)21/h1-10,14,21H,(H2,18,19,22). The van der Waals surface area contributed by atoms with E-state index in [1.165, 1.54) is 0 Å². The van der Waals surface area contributed by atoms with Gasteiger partial charge in [-0.2, -0.15) is 0 Å². The van der Waals surface area contributed by atoms with Crippen molar-refractivity contribution in [3.8, 4) is 0 Å². The third-order valence-electron chi connectivity index (χ3n) is 3.46. The number of urea groups is 1. The van der Waals surface area contributed by atoms with Gasteiger partial charge in [0.1, 0.15) is 0 Å². The highest BCUT2D eigenvalue weighted by Gasteiger charge is 2.33. The summed E-state index contributed by atoms with van der Waals surface area (Å²) < 4.78 is 0. The lowest BCUT2D eigenvalue weighted by Gasteiger charge is -2.27. The maximum absolute atomic E-state index is 12.7. The van der Waals surface area contributed by atoms with Gasteiger partial charge in [-0.3, -0.25) is 10.1 Å². The molecule has 1 aliphatic heterocycles. The quantitative estimate of drug-likeness (QED) is 0.762. The van der Waals surface area contributed by atoms with Gasteiger partial charge in [-0.25, -0.2) is 4.79 Å². The molecule has 0 spiro atoms. The number of nitrogens with one attached hydrogen (secondary N) is 2. The number of ketones is 1. The average Bonchev–Trinajstić information content (AvgIpc) is 2.55. The van der Waals surface area contributed by atoms with Crippen LogP contribution in [0.2, 0.25) is 0 Å². The van der Waals surface area contributed by atoms with Gasteiger partial charge in [-0.1, -0.05) is 60.7 Å². The summed E-state index contributed by atoms with van der Waals surface area (Å²) >= 11 is 0. The highest BCUT2D eigenvalue weighted by molar-refractivity contribution is 6.11. The Morgan fingerprint density at radius 2 is 1.55 bits per heavy atom. The summed E-state index contributed by atoms with van der Waals surface area (Å²) in [5.74, 6) is -0.745. The molecule has 1 aliphatic rings. The third kappa shape index (κ3) is 2.56. The van der Waals surface area contributed by atoms with Crippen LogP contribution in [0.25, 0.3) is 0 Å². The maximum atomic E-state index is 12.7. The summed E-state index contributed by atoms with van der Waals surface area (Å²) in [5, 5.41) is 15.0. The molecule has 0 fully saturated rings. The first-order valence-corrected chi connectivity index (χ1v) is 6.82. The van der Waals surface area contributed by atoms with E-state index in [0.717, 1.165) is 5.56 Å². The van der Waals surface area contributed by atoms with E-state index in [2.05, 4.69) is 10.6 Å². The first-order chi connectivity index (χ1) is 10.7. The molecule has 0 aliphatic carbocycles. The van der Waals surface area contributed by atoms with Gasteiger partial charge >= 0.3 is 6.03 Å². The molecular formula is C17H14N2O3. The third-order valence-corrected chi connectivity index (χ3v) is 3.46. The maximum Gasteiger partial charge on any atom is 0.322 e. The molecule has 5 heteroatoms. The minimum Gasteiger partial charge on any atom is -0.494 e. The molecule has 0 radical (unpaired) electrons. The Morgan fingerprint density at radius 3 is 2.18 bits per heavy atom. The Hall–Kier alpha value is -3.08. The fourth-order valence-electron chi connectivity index (χ4n) is 2.43. The van der Waals surface area contributed by atoms with Gasteiger partial charge < -0.3 is 10.4 Å². The lowest BCUT2D eigenvalue weighted by atomic mass is 9.91. The van der Waals surface area contributed by atoms with E-state index in [4.69, 9.17) is 0 Å². The highest BCUT2D eigenvalue weighted by Crippen LogP contribution is 2.28. The van der Waals surface area contributed by atoms with E-state index in [9.17, 15) is 14.7 Å². The van der Waals surface area contributed by atoms with Gasteiger partial charge in [0.25, 0.3) is 0 Å². The summed E-state index contributed by atoms with van der Waals surface area (Å²) in [6.45, 7) is 0. The average molecular weight is 294 g/mol. The number of amides is 2. The molecule has 110 valence electrons. The molecular weight excluding hydrogens is 280 g/mol. The second kappa shape index (κ2) is 5.73. The fraction of sp³-hybridized carbons (Fsp3) is 0.0588. The number of aliphatic hydroxyl groups excluding tert-OH is 1. The monoisotopic (exact) mass is 294 g/mol. The van der Waals surface area contributed by atoms with Crippen LogP contribution in [0, 0.1) is 0 Å². The highest BCUT2D eigenvalue weighted by atomic mass is 16.3. The molecule has 5 nitrogen and oxygen atoms in total. The normalized spacial score (nSPS) is 17.6. The predicted molar refractivity (Wildman–Crippen MR) is 81.3 cm³/mol. The van der Waals surface area contributed by atoms with Crippen molar-refractivity contribution >= 4 is 11.8 Å². The zero-order valence-electron chi connectivity index (χ0n) is 11.6. The number of carbonyl (C=O) groups is 2. The molecule has 1 unspecified atom stereocenters. The molecule has 1 heterocycles. The van der Waals surface area contributed by atoms with Crippen molar-refractivity contribution in [2.75, 3.05) is 0 Å². The SMILES string of the molecule is O=C1NC(O)=C(C(=O)c2ccccc2)C(c2ccccc2)N1. The van der Waals surface area contributed by atoms with Crippen molar-refractivity contribution < 1.29 is 14.7 Å². The fourth-order valence-corrected chi connectivity index (χ4v) is 2.43. The zero-order chi connectivity index (χ0) is 15.5. The molecule has 0 aromatic heterocycles. The molecule has 0 bridgehead atoms. The van der Waals surface area contributed by atoms with Crippen molar-refractivity contribution in [1.82, 2.24) is 10.6 Å². The van der Waals surface area contributed by atoms with E-state index < -0.39 is 18.0 Å². The predicted octanol–water partition coefficient (Wildman–Crippen LogP) is 2.69. The number of hydrogen-bond donors (Lipinski definition) is 3. The molecule has 0 saturated carbocycles. The number of benzene rings is 2. The van der Waals surface area contributed by atoms with Crippen LogP contribution < -0.4 is 10.6 Å². The van der Waals surface area contributed by atoms with Crippen molar-refractivity contribution in [3.63, 3.8) is 0 Å². The van der Waals surface area contributed by atoms with Gasteiger partial charge in [0, 0.05) is 5.56 Å². The summed E-state index contributed by atoms with van der Waals surface area (Å²) in [7, 11) is 0. The Kier molecular flexibility index (Phi) is 3.62. The zero-order valence-corrected chi connectivity index (χ0v) is 11.6. The number of Topliss-reactive ketones (excluding diaryl/α,β-unsaturated/α-hetero) is 1. The van der Waals surface area contributed by atoms with Crippen molar-refractivity contribution in [2.24, 2.45) is 0 Å². The van der Waals surface area contributed by atoms with E-state index in [0.29, 0.717) is 5.56 Å². The first-order valence-electron chi connectivity index (χ1n) is 6.82. The van der Waals surface area contributed by atoms with Crippen LogP contribution in [0.15, 0.2) is 72.1 Å². The lowest BCUT2D eigenvalue weighted by Crippen LogP contribution is -2.45. The number of hydrogen-bond acceptors (Lipinski definition) is 3. The summed E-state index contributed by atoms with van der Waals surface area (Å²) in [4.78, 5) is 24.3. The molecule has 3 N–H and O–H groups in total. The van der Waals surface area contributed by atoms with Gasteiger partial charge in [-0.05, 0) is 5.56 Å². The molecule has 2 aromatic rings. The van der Waals surface area contributed by atoms with Crippen LogP contribution in [-0.4, -0.2) is 16.9 Å². The van der Waals surface area contributed by atoms with Gasteiger partial charge in [0.15, 0.2) is 5.78 Å². The van der Waals surface area contributed by atoms with Gasteiger partial charge in [-0.15, -0.1) is 0 Å². The minimum absolute atomic E-state index is 0.122. The van der Waals surface area contributed by atoms with E-state index in [1.807, 2.05) is 18.2 Å². The summed E-state index contributed by atoms with van der Waals surface area (Å²) in [5.41, 5.74) is 1.29. The van der Waals surface area contributed by atoms with Crippen LogP contribution >= 0.6 is 0 Å². The molecule has 0 saturated heterocycles.